The summed E-state index contributed by atoms with van der Waals surface area (Å²) in [5.41, 5.74) is 0.132. The molecule has 1 aliphatic rings. The van der Waals surface area contributed by atoms with E-state index < -0.39 is 11.9 Å². The van der Waals surface area contributed by atoms with Crippen LogP contribution in [-0.4, -0.2) is 23.0 Å². The van der Waals surface area contributed by atoms with Crippen molar-refractivity contribution >= 4 is 11.9 Å². The molecule has 0 unspecified atom stereocenters. The summed E-state index contributed by atoms with van der Waals surface area (Å²) >= 11 is 0. The van der Waals surface area contributed by atoms with Crippen LogP contribution >= 0.6 is 0 Å². The molecule has 0 aliphatic heterocycles. The van der Waals surface area contributed by atoms with E-state index in [4.69, 9.17) is 0 Å². The van der Waals surface area contributed by atoms with Crippen molar-refractivity contribution in [2.45, 2.75) is 71.8 Å². The van der Waals surface area contributed by atoms with Gasteiger partial charge in [0.2, 0.25) is 5.91 Å². The Morgan fingerprint density at radius 3 is 2.37 bits per heavy atom. The third-order valence-corrected chi connectivity index (χ3v) is 3.78. The molecule has 0 saturated heterocycles. The Morgan fingerprint density at radius 2 is 1.79 bits per heavy atom. The van der Waals surface area contributed by atoms with Crippen LogP contribution in [0, 0.1) is 11.3 Å². The maximum atomic E-state index is 11.9. The quantitative estimate of drug-likeness (QED) is 0.771. The Bertz CT molecular complexity index is 320. The average Bonchev–Trinajstić information content (AvgIpc) is 2.51. The van der Waals surface area contributed by atoms with Crippen LogP contribution < -0.4 is 5.32 Å². The summed E-state index contributed by atoms with van der Waals surface area (Å²) in [5, 5.41) is 12.2. The summed E-state index contributed by atoms with van der Waals surface area (Å²) in [6.07, 6.45) is 5.80. The first-order chi connectivity index (χ1) is 8.79. The molecular weight excluding hydrogens is 242 g/mol. The van der Waals surface area contributed by atoms with E-state index in [0.29, 0.717) is 12.8 Å². The fourth-order valence-electron chi connectivity index (χ4n) is 2.54. The van der Waals surface area contributed by atoms with Gasteiger partial charge in [0.05, 0.1) is 5.92 Å². The molecular formula is C15H27NO3. The Morgan fingerprint density at radius 1 is 1.16 bits per heavy atom. The number of carboxylic acid groups (broad SMARTS) is 1. The first-order valence-electron chi connectivity index (χ1n) is 7.32. The largest absolute Gasteiger partial charge is 0.481 e. The van der Waals surface area contributed by atoms with Crippen molar-refractivity contribution in [3.05, 3.63) is 0 Å². The number of hydrogen-bond donors (Lipinski definition) is 2. The van der Waals surface area contributed by atoms with Crippen LogP contribution in [0.3, 0.4) is 0 Å². The third-order valence-electron chi connectivity index (χ3n) is 3.78. The maximum Gasteiger partial charge on any atom is 0.308 e. The minimum absolute atomic E-state index is 0.00641. The number of hydrogen-bond acceptors (Lipinski definition) is 2. The lowest BCUT2D eigenvalue weighted by Crippen LogP contribution is -2.43. The van der Waals surface area contributed by atoms with Gasteiger partial charge in [-0.2, -0.15) is 0 Å². The van der Waals surface area contributed by atoms with E-state index in [-0.39, 0.29) is 17.4 Å². The van der Waals surface area contributed by atoms with Gasteiger partial charge in [-0.3, -0.25) is 9.59 Å². The highest BCUT2D eigenvalue weighted by Crippen LogP contribution is 2.25. The van der Waals surface area contributed by atoms with Gasteiger partial charge in [0.25, 0.3) is 0 Å². The molecule has 0 aromatic rings. The predicted molar refractivity (Wildman–Crippen MR) is 74.8 cm³/mol. The standard InChI is InChI=1S/C15H27NO3/c1-15(2,3)10-9-13(17)16-12-8-6-4-5-7-11(12)14(18)19/h11-12H,4-10H2,1-3H3,(H,16,17)(H,18,19)/t11-,12+/m1/s1. The molecule has 0 spiro atoms. The van der Waals surface area contributed by atoms with Crippen LogP contribution in [-0.2, 0) is 9.59 Å². The van der Waals surface area contributed by atoms with E-state index in [1.165, 1.54) is 0 Å². The lowest BCUT2D eigenvalue weighted by Gasteiger charge is -2.24. The highest BCUT2D eigenvalue weighted by atomic mass is 16.4. The summed E-state index contributed by atoms with van der Waals surface area (Å²) in [5.74, 6) is -1.20. The number of carbonyl (C=O) groups is 2. The number of amides is 1. The van der Waals surface area contributed by atoms with Crippen molar-refractivity contribution in [3.8, 4) is 0 Å². The first-order valence-corrected chi connectivity index (χ1v) is 7.32. The van der Waals surface area contributed by atoms with E-state index in [0.717, 1.165) is 32.1 Å². The summed E-state index contributed by atoms with van der Waals surface area (Å²) in [4.78, 5) is 23.2. The number of carbonyl (C=O) groups excluding carboxylic acids is 1. The number of rotatable bonds is 4. The van der Waals surface area contributed by atoms with Crippen molar-refractivity contribution in [2.24, 2.45) is 11.3 Å². The summed E-state index contributed by atoms with van der Waals surface area (Å²) in [6, 6.07) is -0.188. The van der Waals surface area contributed by atoms with E-state index >= 15 is 0 Å². The fraction of sp³-hybridized carbons (Fsp3) is 0.867. The molecule has 0 heterocycles. The van der Waals surface area contributed by atoms with Crippen molar-refractivity contribution in [1.29, 1.82) is 0 Å². The lowest BCUT2D eigenvalue weighted by atomic mass is 9.90. The SMILES string of the molecule is CC(C)(C)CCC(=O)N[C@H]1CCCCC[C@H]1C(=O)O. The van der Waals surface area contributed by atoms with Crippen LogP contribution in [0.15, 0.2) is 0 Å². The number of carboxylic acids is 1. The van der Waals surface area contributed by atoms with E-state index in [1.54, 1.807) is 0 Å². The van der Waals surface area contributed by atoms with Crippen LogP contribution in [0.25, 0.3) is 0 Å². The van der Waals surface area contributed by atoms with Gasteiger partial charge in [-0.1, -0.05) is 40.0 Å². The minimum Gasteiger partial charge on any atom is -0.481 e. The number of nitrogens with one attached hydrogen (secondary N) is 1. The molecule has 1 fully saturated rings. The Kier molecular flexibility index (Phi) is 5.83. The zero-order chi connectivity index (χ0) is 14.5. The molecule has 1 saturated carbocycles. The van der Waals surface area contributed by atoms with Gasteiger partial charge < -0.3 is 10.4 Å². The van der Waals surface area contributed by atoms with Gasteiger partial charge in [0.15, 0.2) is 0 Å². The second-order valence-corrected chi connectivity index (χ2v) is 6.82. The molecule has 0 radical (unpaired) electrons. The zero-order valence-electron chi connectivity index (χ0n) is 12.4. The van der Waals surface area contributed by atoms with Crippen LogP contribution in [0.4, 0.5) is 0 Å². The Balaban J connectivity index is 2.51. The summed E-state index contributed by atoms with van der Waals surface area (Å²) in [6.45, 7) is 6.31. The topological polar surface area (TPSA) is 66.4 Å². The molecule has 2 atom stereocenters. The second-order valence-electron chi connectivity index (χ2n) is 6.82. The van der Waals surface area contributed by atoms with Crippen molar-refractivity contribution < 1.29 is 14.7 Å². The summed E-state index contributed by atoms with van der Waals surface area (Å²) < 4.78 is 0. The normalized spacial score (nSPS) is 24.6. The molecule has 0 bridgehead atoms. The van der Waals surface area contributed by atoms with Crippen LogP contribution in [0.5, 0.6) is 0 Å². The van der Waals surface area contributed by atoms with Gasteiger partial charge in [0.1, 0.15) is 0 Å². The molecule has 0 aromatic carbocycles. The number of aliphatic carboxylic acids is 1. The highest BCUT2D eigenvalue weighted by molar-refractivity contribution is 5.78. The van der Waals surface area contributed by atoms with Gasteiger partial charge in [-0.05, 0) is 24.7 Å². The molecule has 19 heavy (non-hydrogen) atoms. The van der Waals surface area contributed by atoms with Crippen molar-refractivity contribution in [1.82, 2.24) is 5.32 Å². The monoisotopic (exact) mass is 269 g/mol. The molecule has 110 valence electrons. The van der Waals surface area contributed by atoms with Crippen molar-refractivity contribution in [2.75, 3.05) is 0 Å². The van der Waals surface area contributed by atoms with Crippen molar-refractivity contribution in [3.63, 3.8) is 0 Å². The predicted octanol–water partition coefficient (Wildman–Crippen LogP) is 2.96. The highest BCUT2D eigenvalue weighted by Gasteiger charge is 2.30. The van der Waals surface area contributed by atoms with E-state index in [1.807, 2.05) is 0 Å². The zero-order valence-corrected chi connectivity index (χ0v) is 12.4. The third kappa shape index (κ3) is 6.08. The van der Waals surface area contributed by atoms with E-state index in [2.05, 4.69) is 26.1 Å². The second kappa shape index (κ2) is 6.92. The Hall–Kier alpha value is -1.06. The van der Waals surface area contributed by atoms with Crippen LogP contribution in [0.2, 0.25) is 0 Å². The fourth-order valence-corrected chi connectivity index (χ4v) is 2.54. The average molecular weight is 269 g/mol. The molecule has 4 nitrogen and oxygen atoms in total. The summed E-state index contributed by atoms with van der Waals surface area (Å²) in [7, 11) is 0. The smallest absolute Gasteiger partial charge is 0.308 e. The Labute approximate surface area is 116 Å². The van der Waals surface area contributed by atoms with Crippen LogP contribution in [0.1, 0.15) is 65.7 Å². The lowest BCUT2D eigenvalue weighted by molar-refractivity contribution is -0.143. The van der Waals surface area contributed by atoms with Gasteiger partial charge in [0, 0.05) is 12.5 Å². The molecule has 0 aromatic heterocycles. The van der Waals surface area contributed by atoms with E-state index in [9.17, 15) is 14.7 Å². The minimum atomic E-state index is -0.775. The molecule has 2 N–H and O–H groups in total. The van der Waals surface area contributed by atoms with Gasteiger partial charge in [-0.25, -0.2) is 0 Å². The van der Waals surface area contributed by atoms with Gasteiger partial charge in [-0.15, -0.1) is 0 Å². The van der Waals surface area contributed by atoms with Gasteiger partial charge >= 0.3 is 5.97 Å². The molecule has 4 heteroatoms. The first kappa shape index (κ1) is 16.0. The molecule has 1 rings (SSSR count). The molecule has 1 amide bonds. The maximum absolute atomic E-state index is 11.9. The molecule has 1 aliphatic carbocycles.